The van der Waals surface area contributed by atoms with E-state index in [2.05, 4.69) is 42.2 Å². The summed E-state index contributed by atoms with van der Waals surface area (Å²) in [5.74, 6) is 1.53. The molecule has 3 nitrogen and oxygen atoms in total. The Hall–Kier alpha value is -1.90. The third-order valence-corrected chi connectivity index (χ3v) is 4.52. The van der Waals surface area contributed by atoms with Crippen LogP contribution in [0.5, 0.6) is 0 Å². The minimum atomic E-state index is -0.0425. The van der Waals surface area contributed by atoms with Crippen molar-refractivity contribution in [3.63, 3.8) is 0 Å². The molecule has 0 saturated heterocycles. The van der Waals surface area contributed by atoms with Crippen LogP contribution in [0.3, 0.4) is 0 Å². The molecule has 0 unspecified atom stereocenters. The molecule has 1 aliphatic carbocycles. The summed E-state index contributed by atoms with van der Waals surface area (Å²) < 4.78 is 0. The molecule has 1 saturated carbocycles. The molecule has 3 rings (SSSR count). The normalized spacial score (nSPS) is 17.0. The van der Waals surface area contributed by atoms with E-state index in [9.17, 15) is 0 Å². The Bertz CT molecular complexity index is 601. The van der Waals surface area contributed by atoms with E-state index in [0.29, 0.717) is 5.82 Å². The molecule has 2 N–H and O–H groups in total. The summed E-state index contributed by atoms with van der Waals surface area (Å²) in [6.45, 7) is 2.17. The minimum absolute atomic E-state index is 0.0425. The third-order valence-electron chi connectivity index (χ3n) is 4.52. The third kappa shape index (κ3) is 2.65. The van der Waals surface area contributed by atoms with Crippen LogP contribution < -0.4 is 5.73 Å². The summed E-state index contributed by atoms with van der Waals surface area (Å²) in [6.07, 6.45) is 6.74. The molecule has 0 amide bonds. The Morgan fingerprint density at radius 2 is 1.81 bits per heavy atom. The lowest BCUT2D eigenvalue weighted by atomic mass is 9.78. The average molecular weight is 281 g/mol. The van der Waals surface area contributed by atoms with Gasteiger partial charge in [0, 0.05) is 11.8 Å². The molecule has 3 heteroatoms. The molecule has 1 aromatic heterocycles. The van der Waals surface area contributed by atoms with Crippen LogP contribution in [0.1, 0.15) is 56.1 Å². The van der Waals surface area contributed by atoms with Crippen molar-refractivity contribution in [1.29, 1.82) is 0 Å². The number of aryl methyl sites for hydroxylation is 1. The van der Waals surface area contributed by atoms with Gasteiger partial charge in [0.15, 0.2) is 0 Å². The minimum Gasteiger partial charge on any atom is -0.384 e. The first-order valence-electron chi connectivity index (χ1n) is 7.94. The predicted molar refractivity (Wildman–Crippen MR) is 86.1 cm³/mol. The molecular weight excluding hydrogens is 258 g/mol. The van der Waals surface area contributed by atoms with Gasteiger partial charge in [-0.2, -0.15) is 0 Å². The summed E-state index contributed by atoms with van der Waals surface area (Å²) in [4.78, 5) is 9.48. The number of aromatic nitrogens is 2. The number of hydrogen-bond donors (Lipinski definition) is 1. The van der Waals surface area contributed by atoms with E-state index in [-0.39, 0.29) is 5.41 Å². The lowest BCUT2D eigenvalue weighted by molar-refractivity contribution is 0.497. The quantitative estimate of drug-likeness (QED) is 0.925. The molecule has 0 radical (unpaired) electrons. The van der Waals surface area contributed by atoms with E-state index in [1.165, 1.54) is 18.4 Å². The molecule has 110 valence electrons. The zero-order chi connectivity index (χ0) is 14.7. The van der Waals surface area contributed by atoms with Gasteiger partial charge in [-0.05, 0) is 24.8 Å². The first-order chi connectivity index (χ1) is 10.2. The average Bonchev–Trinajstić information content (AvgIpc) is 2.99. The Kier molecular flexibility index (Phi) is 3.91. The standard InChI is InChI=1S/C18H23N3/c1-2-8-15-13-16(19)21-17(20-15)18(11-6-7-12-18)14-9-4-3-5-10-14/h3-5,9-10,13H,2,6-8,11-12H2,1H3,(H2,19,20,21). The van der Waals surface area contributed by atoms with Crippen LogP contribution in [0, 0.1) is 0 Å². The summed E-state index contributed by atoms with van der Waals surface area (Å²) in [5.41, 5.74) is 8.40. The van der Waals surface area contributed by atoms with E-state index in [1.807, 2.05) is 6.07 Å². The van der Waals surface area contributed by atoms with E-state index < -0.39 is 0 Å². The lowest BCUT2D eigenvalue weighted by Crippen LogP contribution is -2.27. The number of anilines is 1. The number of rotatable bonds is 4. The van der Waals surface area contributed by atoms with Crippen LogP contribution in [-0.4, -0.2) is 9.97 Å². The lowest BCUT2D eigenvalue weighted by Gasteiger charge is -2.28. The van der Waals surface area contributed by atoms with Crippen molar-refractivity contribution in [2.45, 2.75) is 50.9 Å². The van der Waals surface area contributed by atoms with Crippen molar-refractivity contribution in [3.05, 3.63) is 53.5 Å². The monoisotopic (exact) mass is 281 g/mol. The highest BCUT2D eigenvalue weighted by Gasteiger charge is 2.40. The maximum absolute atomic E-state index is 6.04. The molecule has 1 aromatic carbocycles. The largest absolute Gasteiger partial charge is 0.384 e. The van der Waals surface area contributed by atoms with Gasteiger partial charge in [-0.1, -0.05) is 56.5 Å². The zero-order valence-electron chi connectivity index (χ0n) is 12.7. The highest BCUT2D eigenvalue weighted by Crippen LogP contribution is 2.45. The maximum atomic E-state index is 6.04. The number of hydrogen-bond acceptors (Lipinski definition) is 3. The molecule has 0 spiro atoms. The second-order valence-corrected chi connectivity index (χ2v) is 6.01. The number of nitrogen functional groups attached to an aromatic ring is 1. The summed E-state index contributed by atoms with van der Waals surface area (Å²) in [6, 6.07) is 12.6. The second-order valence-electron chi connectivity index (χ2n) is 6.01. The van der Waals surface area contributed by atoms with Gasteiger partial charge in [0.1, 0.15) is 11.6 Å². The number of benzene rings is 1. The fourth-order valence-corrected chi connectivity index (χ4v) is 3.49. The maximum Gasteiger partial charge on any atom is 0.141 e. The summed E-state index contributed by atoms with van der Waals surface area (Å²) >= 11 is 0. The molecular formula is C18H23N3. The van der Waals surface area contributed by atoms with Gasteiger partial charge in [-0.25, -0.2) is 9.97 Å². The van der Waals surface area contributed by atoms with E-state index in [4.69, 9.17) is 10.7 Å². The molecule has 1 fully saturated rings. The molecule has 21 heavy (non-hydrogen) atoms. The molecule has 0 bridgehead atoms. The smallest absolute Gasteiger partial charge is 0.141 e. The van der Waals surface area contributed by atoms with Crippen LogP contribution in [0.4, 0.5) is 5.82 Å². The Morgan fingerprint density at radius 3 is 2.48 bits per heavy atom. The van der Waals surface area contributed by atoms with Crippen LogP contribution in [0.25, 0.3) is 0 Å². The van der Waals surface area contributed by atoms with E-state index in [0.717, 1.165) is 37.2 Å². The highest BCUT2D eigenvalue weighted by atomic mass is 15.0. The van der Waals surface area contributed by atoms with Crippen LogP contribution in [0.2, 0.25) is 0 Å². The van der Waals surface area contributed by atoms with Gasteiger partial charge in [-0.3, -0.25) is 0 Å². The number of nitrogens with two attached hydrogens (primary N) is 1. The molecule has 1 heterocycles. The van der Waals surface area contributed by atoms with Crippen LogP contribution >= 0.6 is 0 Å². The van der Waals surface area contributed by atoms with Crippen molar-refractivity contribution in [2.75, 3.05) is 5.73 Å². The molecule has 2 aromatic rings. The fourth-order valence-electron chi connectivity index (χ4n) is 3.49. The first-order valence-corrected chi connectivity index (χ1v) is 7.94. The van der Waals surface area contributed by atoms with Crippen molar-refractivity contribution in [1.82, 2.24) is 9.97 Å². The topological polar surface area (TPSA) is 51.8 Å². The first kappa shape index (κ1) is 14.1. The van der Waals surface area contributed by atoms with Gasteiger partial charge in [0.2, 0.25) is 0 Å². The summed E-state index contributed by atoms with van der Waals surface area (Å²) in [7, 11) is 0. The fraction of sp³-hybridized carbons (Fsp3) is 0.444. The van der Waals surface area contributed by atoms with Crippen molar-refractivity contribution < 1.29 is 0 Å². The second kappa shape index (κ2) is 5.84. The van der Waals surface area contributed by atoms with E-state index >= 15 is 0 Å². The molecule has 1 aliphatic rings. The van der Waals surface area contributed by atoms with Gasteiger partial charge < -0.3 is 5.73 Å². The highest BCUT2D eigenvalue weighted by molar-refractivity contribution is 5.38. The Morgan fingerprint density at radius 1 is 1.10 bits per heavy atom. The predicted octanol–water partition coefficient (Wildman–Crippen LogP) is 3.87. The Labute approximate surface area is 126 Å². The van der Waals surface area contributed by atoms with Crippen molar-refractivity contribution in [2.24, 2.45) is 0 Å². The van der Waals surface area contributed by atoms with Gasteiger partial charge in [0.25, 0.3) is 0 Å². The van der Waals surface area contributed by atoms with Crippen molar-refractivity contribution >= 4 is 5.82 Å². The SMILES string of the molecule is CCCc1cc(N)nc(C2(c3ccccc3)CCCC2)n1. The molecule has 0 atom stereocenters. The summed E-state index contributed by atoms with van der Waals surface area (Å²) in [5, 5.41) is 0. The van der Waals surface area contributed by atoms with Crippen molar-refractivity contribution in [3.8, 4) is 0 Å². The van der Waals surface area contributed by atoms with Crippen LogP contribution in [-0.2, 0) is 11.8 Å². The number of nitrogens with zero attached hydrogens (tertiary/aromatic N) is 2. The van der Waals surface area contributed by atoms with E-state index in [1.54, 1.807) is 0 Å². The van der Waals surface area contributed by atoms with Gasteiger partial charge >= 0.3 is 0 Å². The Balaban J connectivity index is 2.10. The molecule has 0 aliphatic heterocycles. The van der Waals surface area contributed by atoms with Gasteiger partial charge in [0.05, 0.1) is 5.41 Å². The zero-order valence-corrected chi connectivity index (χ0v) is 12.7. The van der Waals surface area contributed by atoms with Crippen LogP contribution in [0.15, 0.2) is 36.4 Å². The van der Waals surface area contributed by atoms with Gasteiger partial charge in [-0.15, -0.1) is 0 Å².